The van der Waals surface area contributed by atoms with E-state index < -0.39 is 6.17 Å². The first-order chi connectivity index (χ1) is 9.85. The minimum Gasteiger partial charge on any atom is -0.292 e. The smallest absolute Gasteiger partial charge is 0.137 e. The second kappa shape index (κ2) is 6.12. The Morgan fingerprint density at radius 2 is 2.05 bits per heavy atom. The van der Waals surface area contributed by atoms with Gasteiger partial charge in [0.2, 0.25) is 0 Å². The minimum absolute atomic E-state index is 0.0730. The zero-order valence-electron chi connectivity index (χ0n) is 13.5. The van der Waals surface area contributed by atoms with Crippen LogP contribution in [-0.2, 0) is 0 Å². The number of hydrogen-bond donors (Lipinski definition) is 0. The number of hydrazone groups is 1. The van der Waals surface area contributed by atoms with Crippen molar-refractivity contribution < 1.29 is 8.78 Å². The highest BCUT2D eigenvalue weighted by molar-refractivity contribution is 5.90. The summed E-state index contributed by atoms with van der Waals surface area (Å²) in [4.78, 5) is 0. The molecule has 1 aromatic rings. The SMILES string of the molecule is CCC(C)c1cc(C2CC(C(C)F)=NN2C)cc(F)c1C. The molecule has 0 fully saturated rings. The Morgan fingerprint density at radius 1 is 1.38 bits per heavy atom. The lowest BCUT2D eigenvalue weighted by Gasteiger charge is -2.22. The van der Waals surface area contributed by atoms with Gasteiger partial charge in [0, 0.05) is 13.5 Å². The fourth-order valence-electron chi connectivity index (χ4n) is 2.86. The Bertz CT molecular complexity index is 552. The van der Waals surface area contributed by atoms with Crippen molar-refractivity contribution in [1.29, 1.82) is 0 Å². The third-order valence-electron chi connectivity index (χ3n) is 4.53. The maximum Gasteiger partial charge on any atom is 0.137 e. The van der Waals surface area contributed by atoms with E-state index in [2.05, 4.69) is 25.0 Å². The van der Waals surface area contributed by atoms with Gasteiger partial charge >= 0.3 is 0 Å². The second-order valence-electron chi connectivity index (χ2n) is 6.03. The van der Waals surface area contributed by atoms with Gasteiger partial charge in [0.25, 0.3) is 0 Å². The van der Waals surface area contributed by atoms with Crippen LogP contribution in [0.1, 0.15) is 62.3 Å². The van der Waals surface area contributed by atoms with Crippen molar-refractivity contribution in [3.05, 3.63) is 34.6 Å². The van der Waals surface area contributed by atoms with E-state index in [1.807, 2.05) is 14.0 Å². The molecule has 3 unspecified atom stereocenters. The average molecular weight is 294 g/mol. The van der Waals surface area contributed by atoms with E-state index >= 15 is 0 Å². The molecule has 3 atom stereocenters. The molecule has 1 heterocycles. The van der Waals surface area contributed by atoms with Crippen LogP contribution in [0.5, 0.6) is 0 Å². The fraction of sp³-hybridized carbons (Fsp3) is 0.588. The van der Waals surface area contributed by atoms with Gasteiger partial charge < -0.3 is 0 Å². The predicted octanol–water partition coefficient (Wildman–Crippen LogP) is 4.74. The van der Waals surface area contributed by atoms with Crippen LogP contribution in [0.15, 0.2) is 17.2 Å². The molecule has 1 aliphatic rings. The normalized spacial score (nSPS) is 21.4. The second-order valence-corrected chi connectivity index (χ2v) is 6.03. The zero-order chi connectivity index (χ0) is 15.7. The summed E-state index contributed by atoms with van der Waals surface area (Å²) in [5, 5.41) is 5.99. The number of halogens is 2. The number of nitrogens with zero attached hydrogens (tertiary/aromatic N) is 2. The van der Waals surface area contributed by atoms with E-state index in [-0.39, 0.29) is 11.9 Å². The Balaban J connectivity index is 2.36. The van der Waals surface area contributed by atoms with Crippen LogP contribution in [0, 0.1) is 12.7 Å². The molecule has 0 amide bonds. The van der Waals surface area contributed by atoms with Crippen LogP contribution >= 0.6 is 0 Å². The van der Waals surface area contributed by atoms with Crippen LogP contribution in [0.25, 0.3) is 0 Å². The molecule has 0 saturated heterocycles. The Kier molecular flexibility index (Phi) is 4.64. The first-order valence-electron chi connectivity index (χ1n) is 7.59. The molecule has 0 aromatic heterocycles. The van der Waals surface area contributed by atoms with Gasteiger partial charge in [-0.1, -0.05) is 19.9 Å². The van der Waals surface area contributed by atoms with Crippen molar-refractivity contribution in [3.63, 3.8) is 0 Å². The van der Waals surface area contributed by atoms with E-state index in [9.17, 15) is 8.78 Å². The standard InChI is InChI=1S/C17H24F2N2/c1-6-10(2)14-7-13(8-15(19)11(14)3)17-9-16(12(4)18)20-21(17)5/h7-8,10,12,17H,6,9H2,1-5H3. The molecule has 0 spiro atoms. The van der Waals surface area contributed by atoms with Gasteiger partial charge in [0.15, 0.2) is 0 Å². The molecule has 1 aromatic carbocycles. The highest BCUT2D eigenvalue weighted by Crippen LogP contribution is 2.34. The Hall–Kier alpha value is -1.45. The van der Waals surface area contributed by atoms with Gasteiger partial charge in [0.1, 0.15) is 12.0 Å². The largest absolute Gasteiger partial charge is 0.292 e. The molecule has 0 saturated carbocycles. The molecule has 4 heteroatoms. The van der Waals surface area contributed by atoms with E-state index in [0.29, 0.717) is 23.6 Å². The molecule has 116 valence electrons. The Labute approximate surface area is 125 Å². The first kappa shape index (κ1) is 15.9. The van der Waals surface area contributed by atoms with Crippen molar-refractivity contribution in [2.75, 3.05) is 7.05 Å². The molecule has 2 nitrogen and oxygen atoms in total. The third-order valence-corrected chi connectivity index (χ3v) is 4.53. The summed E-state index contributed by atoms with van der Waals surface area (Å²) < 4.78 is 27.7. The van der Waals surface area contributed by atoms with Crippen molar-refractivity contribution >= 4 is 5.71 Å². The lowest BCUT2D eigenvalue weighted by molar-refractivity contribution is 0.289. The van der Waals surface area contributed by atoms with Crippen molar-refractivity contribution in [2.24, 2.45) is 5.10 Å². The van der Waals surface area contributed by atoms with Gasteiger partial charge in [-0.25, -0.2) is 8.78 Å². The highest BCUT2D eigenvalue weighted by Gasteiger charge is 2.29. The summed E-state index contributed by atoms with van der Waals surface area (Å²) in [6.45, 7) is 7.53. The van der Waals surface area contributed by atoms with Gasteiger partial charge in [-0.15, -0.1) is 0 Å². The van der Waals surface area contributed by atoms with E-state index in [0.717, 1.165) is 17.5 Å². The first-order valence-corrected chi connectivity index (χ1v) is 7.59. The van der Waals surface area contributed by atoms with Crippen LogP contribution in [0.3, 0.4) is 0 Å². The summed E-state index contributed by atoms with van der Waals surface area (Å²) in [5.74, 6) is 0.129. The summed E-state index contributed by atoms with van der Waals surface area (Å²) in [7, 11) is 1.82. The number of hydrogen-bond acceptors (Lipinski definition) is 2. The summed E-state index contributed by atoms with van der Waals surface area (Å²) >= 11 is 0. The van der Waals surface area contributed by atoms with Gasteiger partial charge in [-0.05, 0) is 48.9 Å². The van der Waals surface area contributed by atoms with Crippen molar-refractivity contribution in [2.45, 2.75) is 58.7 Å². The molecular weight excluding hydrogens is 270 g/mol. The lowest BCUT2D eigenvalue weighted by atomic mass is 9.89. The minimum atomic E-state index is -1.05. The van der Waals surface area contributed by atoms with Crippen LogP contribution in [-0.4, -0.2) is 23.9 Å². The number of benzene rings is 1. The predicted molar refractivity (Wildman–Crippen MR) is 83.0 cm³/mol. The zero-order valence-corrected chi connectivity index (χ0v) is 13.5. The monoisotopic (exact) mass is 294 g/mol. The summed E-state index contributed by atoms with van der Waals surface area (Å²) in [6, 6.07) is 3.56. The number of rotatable bonds is 4. The summed E-state index contributed by atoms with van der Waals surface area (Å²) in [5.41, 5.74) is 3.18. The maximum absolute atomic E-state index is 14.2. The molecule has 2 rings (SSSR count). The molecular formula is C17H24F2N2. The van der Waals surface area contributed by atoms with Crippen LogP contribution in [0.4, 0.5) is 8.78 Å². The summed E-state index contributed by atoms with van der Waals surface area (Å²) in [6.07, 6.45) is 0.436. The molecule has 1 aliphatic heterocycles. The molecule has 0 N–H and O–H groups in total. The highest BCUT2D eigenvalue weighted by atomic mass is 19.1. The van der Waals surface area contributed by atoms with Crippen molar-refractivity contribution in [1.82, 2.24) is 5.01 Å². The van der Waals surface area contributed by atoms with Gasteiger partial charge in [0.05, 0.1) is 11.8 Å². The van der Waals surface area contributed by atoms with Crippen LogP contribution in [0.2, 0.25) is 0 Å². The van der Waals surface area contributed by atoms with E-state index in [1.165, 1.54) is 6.92 Å². The number of alkyl halides is 1. The van der Waals surface area contributed by atoms with Gasteiger partial charge in [-0.3, -0.25) is 5.01 Å². The molecule has 0 radical (unpaired) electrons. The average Bonchev–Trinajstić information content (AvgIpc) is 2.83. The van der Waals surface area contributed by atoms with Crippen LogP contribution < -0.4 is 0 Å². The van der Waals surface area contributed by atoms with Gasteiger partial charge in [-0.2, -0.15) is 5.10 Å². The molecule has 0 aliphatic carbocycles. The molecule has 21 heavy (non-hydrogen) atoms. The third kappa shape index (κ3) is 3.09. The maximum atomic E-state index is 14.2. The van der Waals surface area contributed by atoms with E-state index in [4.69, 9.17) is 0 Å². The fourth-order valence-corrected chi connectivity index (χ4v) is 2.86. The van der Waals surface area contributed by atoms with E-state index in [1.54, 1.807) is 11.1 Å². The Morgan fingerprint density at radius 3 is 2.57 bits per heavy atom. The lowest BCUT2D eigenvalue weighted by Crippen LogP contribution is -2.16. The topological polar surface area (TPSA) is 15.6 Å². The molecule has 0 bridgehead atoms. The quantitative estimate of drug-likeness (QED) is 0.783. The van der Waals surface area contributed by atoms with Crippen molar-refractivity contribution in [3.8, 4) is 0 Å².